The lowest BCUT2D eigenvalue weighted by Gasteiger charge is -2.21. The van der Waals surface area contributed by atoms with Gasteiger partial charge in [-0.3, -0.25) is 37.3 Å². The number of hydrogen-bond acceptors (Lipinski definition) is 15. The number of aliphatic hydroxyl groups excluding tert-OH is 1. The van der Waals surface area contributed by atoms with E-state index >= 15 is 0 Å². The third kappa shape index (κ3) is 74.7. The molecule has 0 heterocycles. The SMILES string of the molecule is CCCCCCCCCCCCCCCCCCCCCCCCC(=O)O[C@H](COC(=O)CCCCCCCCCCCCCCCCC(C)C)COP(=O)(O)OC[C@@H](O)COP(=O)(O)OC[C@@H](COC(=O)CCCCCCCCCC(C)C)OC(=O)CCCCCCCCCCC(C)CC. The van der Waals surface area contributed by atoms with Gasteiger partial charge in [0.2, 0.25) is 0 Å². The maximum absolute atomic E-state index is 13.1. The van der Waals surface area contributed by atoms with E-state index in [1.54, 1.807) is 0 Å². The first kappa shape index (κ1) is 99.1. The minimum Gasteiger partial charge on any atom is -0.462 e. The van der Waals surface area contributed by atoms with Gasteiger partial charge in [0.25, 0.3) is 0 Å². The van der Waals surface area contributed by atoms with Crippen molar-refractivity contribution in [2.45, 2.75) is 446 Å². The Labute approximate surface area is 619 Å². The molecule has 0 aliphatic carbocycles. The monoisotopic (exact) mass is 1480 g/mol. The summed E-state index contributed by atoms with van der Waals surface area (Å²) < 4.78 is 68.7. The second-order valence-electron chi connectivity index (χ2n) is 30.7. The van der Waals surface area contributed by atoms with Crippen molar-refractivity contribution in [2.75, 3.05) is 39.6 Å². The number of rotatable bonds is 80. The second kappa shape index (κ2) is 72.3. The van der Waals surface area contributed by atoms with Gasteiger partial charge in [-0.15, -0.1) is 0 Å². The van der Waals surface area contributed by atoms with Crippen LogP contribution >= 0.6 is 15.6 Å². The van der Waals surface area contributed by atoms with Gasteiger partial charge in [-0.25, -0.2) is 9.13 Å². The molecule has 0 aliphatic heterocycles. The Kier molecular flexibility index (Phi) is 70.9. The quantitative estimate of drug-likeness (QED) is 0.0222. The van der Waals surface area contributed by atoms with E-state index in [1.165, 1.54) is 231 Å². The summed E-state index contributed by atoms with van der Waals surface area (Å²) in [6.07, 6.45) is 61.3. The fraction of sp³-hybridized carbons (Fsp3) is 0.951. The standard InChI is InChI=1S/C82H160O17P2/c1-8-10-11-12-13-14-15-16-17-18-19-20-21-22-23-24-29-32-35-43-51-58-65-81(86)98-77(69-92-79(84)63-56-49-42-34-31-28-26-25-27-30-33-39-46-53-60-73(3)4)71-96-100(88,89)94-67-76(83)68-95-101(90,91)97-72-78(70-93-80(85)64-57-50-45-38-40-47-54-61-74(5)6)99-82(87)66-59-52-44-37-36-41-48-55-62-75(7)9-2/h73-78,83H,8-72H2,1-7H3,(H,88,89)(H,90,91)/t75?,76-,77-,78-/m1/s1. The second-order valence-corrected chi connectivity index (χ2v) is 33.6. The van der Waals surface area contributed by atoms with Crippen LogP contribution in [-0.4, -0.2) is 96.7 Å². The number of ether oxygens (including phenoxy) is 4. The summed E-state index contributed by atoms with van der Waals surface area (Å²) >= 11 is 0. The molecule has 6 atom stereocenters. The zero-order valence-corrected chi connectivity index (χ0v) is 68.2. The number of carbonyl (C=O) groups excluding carboxylic acids is 4. The predicted octanol–water partition coefficient (Wildman–Crippen LogP) is 24.5. The lowest BCUT2D eigenvalue weighted by atomic mass is 9.99. The molecule has 19 heteroatoms. The highest BCUT2D eigenvalue weighted by molar-refractivity contribution is 7.47. The van der Waals surface area contributed by atoms with Gasteiger partial charge in [0.05, 0.1) is 26.4 Å². The van der Waals surface area contributed by atoms with Gasteiger partial charge < -0.3 is 33.8 Å². The van der Waals surface area contributed by atoms with Crippen molar-refractivity contribution in [2.24, 2.45) is 17.8 Å². The number of carbonyl (C=O) groups is 4. The summed E-state index contributed by atoms with van der Waals surface area (Å²) in [6, 6.07) is 0. The highest BCUT2D eigenvalue weighted by atomic mass is 31.2. The smallest absolute Gasteiger partial charge is 0.462 e. The van der Waals surface area contributed by atoms with Crippen LogP contribution in [0, 0.1) is 17.8 Å². The Morgan fingerprint density at radius 1 is 0.287 bits per heavy atom. The number of aliphatic hydroxyl groups is 1. The topological polar surface area (TPSA) is 237 Å². The first-order valence-electron chi connectivity index (χ1n) is 42.4. The first-order chi connectivity index (χ1) is 48.8. The van der Waals surface area contributed by atoms with Crippen LogP contribution in [0.2, 0.25) is 0 Å². The van der Waals surface area contributed by atoms with Gasteiger partial charge in [-0.05, 0) is 43.4 Å². The largest absolute Gasteiger partial charge is 0.472 e. The molecule has 0 rings (SSSR count). The summed E-state index contributed by atoms with van der Waals surface area (Å²) in [5.41, 5.74) is 0. The number of phosphoric ester groups is 2. The van der Waals surface area contributed by atoms with E-state index in [9.17, 15) is 43.2 Å². The molecule has 3 unspecified atom stereocenters. The zero-order chi connectivity index (χ0) is 74.4. The lowest BCUT2D eigenvalue weighted by Crippen LogP contribution is -2.30. The minimum absolute atomic E-state index is 0.104. The molecule has 101 heavy (non-hydrogen) atoms. The average molecular weight is 1480 g/mol. The van der Waals surface area contributed by atoms with Gasteiger partial charge in [0.15, 0.2) is 12.2 Å². The molecule has 0 amide bonds. The Hall–Kier alpha value is -1.94. The Morgan fingerprint density at radius 2 is 0.505 bits per heavy atom. The Morgan fingerprint density at radius 3 is 0.752 bits per heavy atom. The van der Waals surface area contributed by atoms with Crippen LogP contribution in [0.4, 0.5) is 0 Å². The number of hydrogen-bond donors (Lipinski definition) is 3. The van der Waals surface area contributed by atoms with E-state index in [1.807, 2.05) is 0 Å². The third-order valence-corrected chi connectivity index (χ3v) is 21.4. The van der Waals surface area contributed by atoms with Crippen molar-refractivity contribution in [1.29, 1.82) is 0 Å². The van der Waals surface area contributed by atoms with E-state index in [-0.39, 0.29) is 25.7 Å². The molecular weight excluding hydrogens is 1320 g/mol. The fourth-order valence-electron chi connectivity index (χ4n) is 12.6. The van der Waals surface area contributed by atoms with Crippen LogP contribution in [0.1, 0.15) is 427 Å². The molecule has 3 N–H and O–H groups in total. The van der Waals surface area contributed by atoms with Crippen LogP contribution in [0.5, 0.6) is 0 Å². The molecule has 0 saturated carbocycles. The molecule has 17 nitrogen and oxygen atoms in total. The van der Waals surface area contributed by atoms with Crippen molar-refractivity contribution in [3.63, 3.8) is 0 Å². The van der Waals surface area contributed by atoms with Gasteiger partial charge in [0.1, 0.15) is 19.3 Å². The maximum atomic E-state index is 13.1. The summed E-state index contributed by atoms with van der Waals surface area (Å²) in [5.74, 6) is 0.159. The Bertz CT molecular complexity index is 1960. The van der Waals surface area contributed by atoms with Crippen LogP contribution in [-0.2, 0) is 65.4 Å². The van der Waals surface area contributed by atoms with Crippen molar-refractivity contribution in [1.82, 2.24) is 0 Å². The van der Waals surface area contributed by atoms with Gasteiger partial charge in [-0.2, -0.15) is 0 Å². The van der Waals surface area contributed by atoms with Gasteiger partial charge >= 0.3 is 39.5 Å². The molecule has 0 spiro atoms. The summed E-state index contributed by atoms with van der Waals surface area (Å²) in [5, 5.41) is 10.6. The zero-order valence-electron chi connectivity index (χ0n) is 66.4. The van der Waals surface area contributed by atoms with E-state index in [4.69, 9.17) is 37.0 Å². The fourth-order valence-corrected chi connectivity index (χ4v) is 14.2. The molecule has 0 fully saturated rings. The molecular formula is C82H160O17P2. The van der Waals surface area contributed by atoms with Crippen LogP contribution in [0.15, 0.2) is 0 Å². The molecule has 0 saturated heterocycles. The highest BCUT2D eigenvalue weighted by Gasteiger charge is 2.30. The average Bonchev–Trinajstić information content (AvgIpc) is 0.930. The molecule has 0 aliphatic rings. The normalized spacial score (nSPS) is 14.2. The Balaban J connectivity index is 5.21. The summed E-state index contributed by atoms with van der Waals surface area (Å²) in [7, 11) is -9.92. The molecule has 0 radical (unpaired) electrons. The van der Waals surface area contributed by atoms with E-state index in [2.05, 4.69) is 48.5 Å². The summed E-state index contributed by atoms with van der Waals surface area (Å²) in [6.45, 7) is 11.9. The van der Waals surface area contributed by atoms with Crippen molar-refractivity contribution in [3.8, 4) is 0 Å². The molecule has 0 aromatic rings. The van der Waals surface area contributed by atoms with Crippen molar-refractivity contribution < 1.29 is 80.2 Å². The summed E-state index contributed by atoms with van der Waals surface area (Å²) in [4.78, 5) is 73.0. The minimum atomic E-state index is -4.96. The van der Waals surface area contributed by atoms with Crippen LogP contribution in [0.3, 0.4) is 0 Å². The lowest BCUT2D eigenvalue weighted by molar-refractivity contribution is -0.161. The molecule has 600 valence electrons. The maximum Gasteiger partial charge on any atom is 0.472 e. The first-order valence-corrected chi connectivity index (χ1v) is 45.4. The van der Waals surface area contributed by atoms with E-state index < -0.39 is 97.5 Å². The highest BCUT2D eigenvalue weighted by Crippen LogP contribution is 2.45. The van der Waals surface area contributed by atoms with Gasteiger partial charge in [-0.1, -0.05) is 376 Å². The molecule has 0 aromatic carbocycles. The van der Waals surface area contributed by atoms with E-state index in [0.29, 0.717) is 31.6 Å². The molecule has 0 bridgehead atoms. The number of phosphoric acid groups is 2. The predicted molar refractivity (Wildman–Crippen MR) is 414 cm³/mol. The van der Waals surface area contributed by atoms with Crippen molar-refractivity contribution in [3.05, 3.63) is 0 Å². The van der Waals surface area contributed by atoms with Crippen LogP contribution < -0.4 is 0 Å². The number of esters is 4. The van der Waals surface area contributed by atoms with Crippen molar-refractivity contribution >= 4 is 39.5 Å². The van der Waals surface area contributed by atoms with Crippen LogP contribution in [0.25, 0.3) is 0 Å². The molecule has 0 aromatic heterocycles. The van der Waals surface area contributed by atoms with E-state index in [0.717, 1.165) is 108 Å². The van der Waals surface area contributed by atoms with Gasteiger partial charge in [0, 0.05) is 25.7 Å². The third-order valence-electron chi connectivity index (χ3n) is 19.5. The number of unbranched alkanes of at least 4 members (excludes halogenated alkanes) is 47.